The molecule has 5 rings (SSSR count). The number of anilines is 1. The van der Waals surface area contributed by atoms with Crippen LogP contribution in [0.1, 0.15) is 18.1 Å². The molecule has 0 fully saturated rings. The third kappa shape index (κ3) is 4.59. The second-order valence-electron chi connectivity index (χ2n) is 8.28. The number of carbonyl (C=O) groups is 1. The molecule has 3 aromatic heterocycles. The predicted molar refractivity (Wildman–Crippen MR) is 134 cm³/mol. The number of aromatic nitrogens is 5. The molecule has 174 valence electrons. The van der Waals surface area contributed by atoms with Crippen LogP contribution in [0.4, 0.5) is 5.69 Å². The Morgan fingerprint density at radius 2 is 1.74 bits per heavy atom. The lowest BCUT2D eigenvalue weighted by atomic mass is 10.1. The van der Waals surface area contributed by atoms with Crippen molar-refractivity contribution in [1.29, 1.82) is 0 Å². The average molecular weight is 465 g/mol. The summed E-state index contributed by atoms with van der Waals surface area (Å²) in [5.41, 5.74) is 5.89. The van der Waals surface area contributed by atoms with Crippen molar-refractivity contribution >= 4 is 17.2 Å². The molecule has 0 radical (unpaired) electrons. The van der Waals surface area contributed by atoms with Crippen molar-refractivity contribution < 1.29 is 9.53 Å². The second kappa shape index (κ2) is 9.34. The summed E-state index contributed by atoms with van der Waals surface area (Å²) in [6, 6.07) is 20.8. The van der Waals surface area contributed by atoms with Gasteiger partial charge in [-0.3, -0.25) is 9.78 Å². The van der Waals surface area contributed by atoms with Crippen LogP contribution in [0.2, 0.25) is 0 Å². The number of rotatable bonds is 6. The summed E-state index contributed by atoms with van der Waals surface area (Å²) in [7, 11) is 0. The van der Waals surface area contributed by atoms with Crippen molar-refractivity contribution in [2.45, 2.75) is 26.9 Å². The van der Waals surface area contributed by atoms with Gasteiger partial charge < -0.3 is 10.1 Å². The van der Waals surface area contributed by atoms with Crippen molar-refractivity contribution in [2.24, 2.45) is 0 Å². The largest absolute Gasteiger partial charge is 0.481 e. The van der Waals surface area contributed by atoms with E-state index in [-0.39, 0.29) is 5.91 Å². The van der Waals surface area contributed by atoms with Crippen LogP contribution in [-0.4, -0.2) is 36.8 Å². The molecule has 0 saturated heterocycles. The van der Waals surface area contributed by atoms with Crippen LogP contribution >= 0.6 is 0 Å². The van der Waals surface area contributed by atoms with Gasteiger partial charge >= 0.3 is 0 Å². The molecule has 2 aromatic carbocycles. The maximum Gasteiger partial charge on any atom is 0.265 e. The van der Waals surface area contributed by atoms with Crippen LogP contribution in [0.15, 0.2) is 79.1 Å². The minimum absolute atomic E-state index is 0.231. The molecular weight excluding hydrogens is 440 g/mol. The number of carbonyl (C=O) groups excluding carboxylic acids is 1. The molecule has 1 unspecified atom stereocenters. The van der Waals surface area contributed by atoms with Gasteiger partial charge in [0, 0.05) is 29.2 Å². The highest BCUT2D eigenvalue weighted by Crippen LogP contribution is 2.25. The number of benzene rings is 2. The van der Waals surface area contributed by atoms with Crippen molar-refractivity contribution in [2.75, 3.05) is 5.32 Å². The Hall–Kier alpha value is -4.59. The molecule has 0 saturated carbocycles. The fraction of sp³-hybridized carbons (Fsp3) is 0.148. The minimum atomic E-state index is -0.659. The molecule has 1 atom stereocenters. The number of amides is 1. The molecular formula is C27H24N6O2. The van der Waals surface area contributed by atoms with E-state index in [0.717, 1.165) is 27.9 Å². The molecule has 8 nitrogen and oxygen atoms in total. The van der Waals surface area contributed by atoms with E-state index in [2.05, 4.69) is 20.5 Å². The Morgan fingerprint density at radius 1 is 0.943 bits per heavy atom. The molecule has 0 spiro atoms. The topological polar surface area (TPSA) is 94.3 Å². The first-order chi connectivity index (χ1) is 17.0. The number of ether oxygens (including phenoxy) is 1. The maximum atomic E-state index is 12.8. The van der Waals surface area contributed by atoms with Crippen LogP contribution in [0.25, 0.3) is 28.3 Å². The predicted octanol–water partition coefficient (Wildman–Crippen LogP) is 4.88. The molecule has 35 heavy (non-hydrogen) atoms. The van der Waals surface area contributed by atoms with Gasteiger partial charge in [-0.25, -0.2) is 0 Å². The maximum absolute atomic E-state index is 12.8. The number of pyridine rings is 1. The van der Waals surface area contributed by atoms with Gasteiger partial charge in [-0.15, -0.1) is 10.2 Å². The molecule has 1 amide bonds. The van der Waals surface area contributed by atoms with Crippen LogP contribution in [0.5, 0.6) is 5.75 Å². The lowest BCUT2D eigenvalue weighted by molar-refractivity contribution is -0.122. The van der Waals surface area contributed by atoms with Crippen LogP contribution in [-0.2, 0) is 4.79 Å². The third-order valence-corrected chi connectivity index (χ3v) is 5.86. The van der Waals surface area contributed by atoms with Gasteiger partial charge in [-0.1, -0.05) is 24.3 Å². The number of nitrogens with one attached hydrogen (secondary N) is 1. The van der Waals surface area contributed by atoms with E-state index in [4.69, 9.17) is 9.84 Å². The Balaban J connectivity index is 1.37. The Labute approximate surface area is 202 Å². The van der Waals surface area contributed by atoms with Gasteiger partial charge in [0.2, 0.25) is 0 Å². The first kappa shape index (κ1) is 22.2. The number of hydrogen-bond acceptors (Lipinski definition) is 6. The van der Waals surface area contributed by atoms with Crippen LogP contribution in [0, 0.1) is 13.8 Å². The quantitative estimate of drug-likeness (QED) is 0.385. The van der Waals surface area contributed by atoms with Gasteiger partial charge in [-0.2, -0.15) is 9.61 Å². The van der Waals surface area contributed by atoms with Gasteiger partial charge in [0.05, 0.1) is 5.69 Å². The lowest BCUT2D eigenvalue weighted by Gasteiger charge is -2.17. The van der Waals surface area contributed by atoms with E-state index in [1.54, 1.807) is 23.8 Å². The van der Waals surface area contributed by atoms with Gasteiger partial charge in [0.15, 0.2) is 17.6 Å². The zero-order valence-corrected chi connectivity index (χ0v) is 19.6. The molecule has 0 bridgehead atoms. The molecule has 0 aliphatic carbocycles. The normalized spacial score (nSPS) is 11.9. The number of fused-ring (bicyclic) bond motifs is 1. The summed E-state index contributed by atoms with van der Waals surface area (Å²) in [4.78, 5) is 16.9. The van der Waals surface area contributed by atoms with Gasteiger partial charge in [0.1, 0.15) is 5.75 Å². The van der Waals surface area contributed by atoms with Crippen LogP contribution in [0.3, 0.4) is 0 Å². The molecule has 0 aliphatic rings. The van der Waals surface area contributed by atoms with E-state index in [9.17, 15) is 4.79 Å². The molecule has 5 aromatic rings. The summed E-state index contributed by atoms with van der Waals surface area (Å²) in [6.07, 6.45) is 2.75. The van der Waals surface area contributed by atoms with Crippen molar-refractivity contribution in [3.8, 4) is 28.4 Å². The Bertz CT molecular complexity index is 1510. The SMILES string of the molecule is Cc1cccc(OC(C)C(=O)Nc2cccc(-c3ccc4nnc(-c5ccncc5)n4n3)c2)c1C. The summed E-state index contributed by atoms with van der Waals surface area (Å²) in [5.74, 6) is 1.11. The zero-order chi connectivity index (χ0) is 24.4. The molecule has 0 aliphatic heterocycles. The minimum Gasteiger partial charge on any atom is -0.481 e. The summed E-state index contributed by atoms with van der Waals surface area (Å²) >= 11 is 0. The van der Waals surface area contributed by atoms with E-state index in [0.29, 0.717) is 22.9 Å². The number of nitrogens with zero attached hydrogens (tertiary/aromatic N) is 5. The highest BCUT2D eigenvalue weighted by atomic mass is 16.5. The fourth-order valence-corrected chi connectivity index (χ4v) is 3.72. The highest BCUT2D eigenvalue weighted by molar-refractivity contribution is 5.94. The van der Waals surface area contributed by atoms with Crippen LogP contribution < -0.4 is 10.1 Å². The lowest BCUT2D eigenvalue weighted by Crippen LogP contribution is -2.30. The monoisotopic (exact) mass is 464 g/mol. The van der Waals surface area contributed by atoms with Crippen molar-refractivity contribution in [1.82, 2.24) is 24.8 Å². The Morgan fingerprint density at radius 3 is 2.57 bits per heavy atom. The first-order valence-corrected chi connectivity index (χ1v) is 11.3. The molecule has 8 heteroatoms. The summed E-state index contributed by atoms with van der Waals surface area (Å²) < 4.78 is 7.63. The smallest absolute Gasteiger partial charge is 0.265 e. The van der Waals surface area contributed by atoms with Crippen molar-refractivity contribution in [3.63, 3.8) is 0 Å². The number of aryl methyl sites for hydroxylation is 1. The second-order valence-corrected chi connectivity index (χ2v) is 8.28. The number of hydrogen-bond donors (Lipinski definition) is 1. The van der Waals surface area contributed by atoms with E-state index in [1.165, 1.54) is 0 Å². The summed E-state index contributed by atoms with van der Waals surface area (Å²) in [5, 5.41) is 16.2. The fourth-order valence-electron chi connectivity index (χ4n) is 3.72. The first-order valence-electron chi connectivity index (χ1n) is 11.3. The Kier molecular flexibility index (Phi) is 5.93. The van der Waals surface area contributed by atoms with E-state index >= 15 is 0 Å². The van der Waals surface area contributed by atoms with E-state index in [1.807, 2.05) is 80.6 Å². The molecule has 3 heterocycles. The zero-order valence-electron chi connectivity index (χ0n) is 19.6. The van der Waals surface area contributed by atoms with E-state index < -0.39 is 6.10 Å². The van der Waals surface area contributed by atoms with Gasteiger partial charge in [-0.05, 0) is 74.4 Å². The highest BCUT2D eigenvalue weighted by Gasteiger charge is 2.17. The summed E-state index contributed by atoms with van der Waals surface area (Å²) in [6.45, 7) is 5.74. The average Bonchev–Trinajstić information content (AvgIpc) is 3.31. The van der Waals surface area contributed by atoms with Gasteiger partial charge in [0.25, 0.3) is 5.91 Å². The standard InChI is InChI=1S/C27H24N6O2/c1-17-6-4-9-24(18(17)2)35-19(3)27(34)29-22-8-5-7-21(16-22)23-10-11-25-30-31-26(33(25)32-23)20-12-14-28-15-13-20/h4-16,19H,1-3H3,(H,29,34). The molecule has 1 N–H and O–H groups in total. The van der Waals surface area contributed by atoms with Crippen molar-refractivity contribution in [3.05, 3.63) is 90.3 Å². The third-order valence-electron chi connectivity index (χ3n) is 5.86.